The number of ether oxygens (including phenoxy) is 1. The van der Waals surface area contributed by atoms with Crippen molar-refractivity contribution in [3.8, 4) is 5.75 Å². The molecule has 0 spiro atoms. The molecular weight excluding hydrogens is 258 g/mol. The van der Waals surface area contributed by atoms with Gasteiger partial charge in [-0.1, -0.05) is 6.07 Å². The van der Waals surface area contributed by atoms with Crippen molar-refractivity contribution in [2.24, 2.45) is 13.0 Å². The van der Waals surface area contributed by atoms with Gasteiger partial charge in [-0.15, -0.1) is 0 Å². The predicted octanol–water partition coefficient (Wildman–Crippen LogP) is -0.0718. The van der Waals surface area contributed by atoms with Crippen LogP contribution in [0.2, 0.25) is 0 Å². The van der Waals surface area contributed by atoms with Gasteiger partial charge in [0.05, 0.1) is 12.6 Å². The van der Waals surface area contributed by atoms with Crippen LogP contribution in [0, 0.1) is 5.92 Å². The Morgan fingerprint density at radius 2 is 2.10 bits per heavy atom. The van der Waals surface area contributed by atoms with E-state index in [1.165, 1.54) is 16.2 Å². The normalized spacial score (nSPS) is 15.3. The standard InChI is InChI=1S/C14H17N3O3/c1-16-10-4-3-5-11(20-2)12(10)13(18)17(14(16)19)8-9-6-15-7-9/h3-5,9,15H,6-8H2,1-2H3. The molecule has 1 aliphatic heterocycles. The van der Waals surface area contributed by atoms with E-state index in [0.29, 0.717) is 29.1 Å². The molecule has 1 aromatic carbocycles. The second kappa shape index (κ2) is 4.79. The van der Waals surface area contributed by atoms with E-state index in [2.05, 4.69) is 5.32 Å². The van der Waals surface area contributed by atoms with Crippen molar-refractivity contribution in [3.63, 3.8) is 0 Å². The van der Waals surface area contributed by atoms with Crippen LogP contribution in [0.15, 0.2) is 27.8 Å². The Morgan fingerprint density at radius 1 is 1.35 bits per heavy atom. The average Bonchev–Trinajstić information content (AvgIpc) is 2.42. The molecule has 6 heteroatoms. The molecule has 1 saturated heterocycles. The van der Waals surface area contributed by atoms with Crippen molar-refractivity contribution in [1.82, 2.24) is 14.5 Å². The minimum absolute atomic E-state index is 0.271. The number of methoxy groups -OCH3 is 1. The largest absolute Gasteiger partial charge is 0.496 e. The highest BCUT2D eigenvalue weighted by Gasteiger charge is 2.21. The summed E-state index contributed by atoms with van der Waals surface area (Å²) in [7, 11) is 3.21. The van der Waals surface area contributed by atoms with Gasteiger partial charge in [-0.25, -0.2) is 4.79 Å². The van der Waals surface area contributed by atoms with Crippen molar-refractivity contribution in [2.75, 3.05) is 20.2 Å². The van der Waals surface area contributed by atoms with Crippen LogP contribution in [0.3, 0.4) is 0 Å². The molecule has 0 aliphatic carbocycles. The quantitative estimate of drug-likeness (QED) is 0.851. The minimum Gasteiger partial charge on any atom is -0.496 e. The van der Waals surface area contributed by atoms with Crippen LogP contribution in [0.4, 0.5) is 0 Å². The predicted molar refractivity (Wildman–Crippen MR) is 76.4 cm³/mol. The molecule has 1 fully saturated rings. The highest BCUT2D eigenvalue weighted by Crippen LogP contribution is 2.20. The number of nitrogens with zero attached hydrogens (tertiary/aromatic N) is 2. The zero-order valence-corrected chi connectivity index (χ0v) is 11.5. The Bertz CT molecular complexity index is 772. The molecule has 0 unspecified atom stereocenters. The van der Waals surface area contributed by atoms with E-state index in [-0.39, 0.29) is 11.2 Å². The molecule has 6 nitrogen and oxygen atoms in total. The molecule has 20 heavy (non-hydrogen) atoms. The van der Waals surface area contributed by atoms with Gasteiger partial charge in [0.15, 0.2) is 0 Å². The molecule has 0 amide bonds. The minimum atomic E-state index is -0.275. The van der Waals surface area contributed by atoms with Crippen molar-refractivity contribution >= 4 is 10.9 Å². The number of fused-ring (bicyclic) bond motifs is 1. The highest BCUT2D eigenvalue weighted by atomic mass is 16.5. The second-order valence-electron chi connectivity index (χ2n) is 5.14. The van der Waals surface area contributed by atoms with Gasteiger partial charge >= 0.3 is 5.69 Å². The van der Waals surface area contributed by atoms with Gasteiger partial charge in [-0.3, -0.25) is 13.9 Å². The van der Waals surface area contributed by atoms with Gasteiger partial charge in [0.2, 0.25) is 0 Å². The molecule has 2 aromatic rings. The lowest BCUT2D eigenvalue weighted by atomic mass is 10.0. The summed E-state index contributed by atoms with van der Waals surface area (Å²) >= 11 is 0. The third-order valence-corrected chi connectivity index (χ3v) is 3.87. The van der Waals surface area contributed by atoms with E-state index >= 15 is 0 Å². The molecule has 2 heterocycles. The molecule has 1 N–H and O–H groups in total. The molecule has 0 bridgehead atoms. The van der Waals surface area contributed by atoms with Crippen LogP contribution in [-0.4, -0.2) is 29.3 Å². The van der Waals surface area contributed by atoms with Gasteiger partial charge in [0, 0.05) is 32.6 Å². The first-order chi connectivity index (χ1) is 9.63. The van der Waals surface area contributed by atoms with Gasteiger partial charge in [0.1, 0.15) is 11.1 Å². The summed E-state index contributed by atoms with van der Waals surface area (Å²) in [5.74, 6) is 0.844. The van der Waals surface area contributed by atoms with Gasteiger partial charge in [-0.2, -0.15) is 0 Å². The Hall–Kier alpha value is -2.08. The summed E-state index contributed by atoms with van der Waals surface area (Å²) in [5, 5.41) is 3.61. The van der Waals surface area contributed by atoms with Crippen LogP contribution in [-0.2, 0) is 13.6 Å². The van der Waals surface area contributed by atoms with Crippen LogP contribution in [0.5, 0.6) is 5.75 Å². The SMILES string of the molecule is COc1cccc2c1c(=O)n(CC1CNC1)c(=O)n2C. The fourth-order valence-corrected chi connectivity index (χ4v) is 2.59. The molecule has 0 atom stereocenters. The van der Waals surface area contributed by atoms with E-state index in [9.17, 15) is 9.59 Å². The molecule has 1 aromatic heterocycles. The van der Waals surface area contributed by atoms with E-state index < -0.39 is 0 Å². The lowest BCUT2D eigenvalue weighted by molar-refractivity contribution is 0.298. The topological polar surface area (TPSA) is 65.3 Å². The fourth-order valence-electron chi connectivity index (χ4n) is 2.59. The first kappa shape index (κ1) is 12.9. The smallest absolute Gasteiger partial charge is 0.331 e. The number of hydrogen-bond donors (Lipinski definition) is 1. The Kier molecular flexibility index (Phi) is 3.10. The van der Waals surface area contributed by atoms with Crippen LogP contribution in [0.1, 0.15) is 0 Å². The molecular formula is C14H17N3O3. The van der Waals surface area contributed by atoms with Crippen LogP contribution in [0.25, 0.3) is 10.9 Å². The maximum Gasteiger partial charge on any atom is 0.331 e. The number of aryl methyl sites for hydroxylation is 1. The molecule has 0 radical (unpaired) electrons. The summed E-state index contributed by atoms with van der Waals surface area (Å²) in [4.78, 5) is 24.9. The van der Waals surface area contributed by atoms with Crippen molar-refractivity contribution in [2.45, 2.75) is 6.54 Å². The summed E-state index contributed by atoms with van der Waals surface area (Å²) in [5.41, 5.74) is 0.0532. The zero-order valence-electron chi connectivity index (χ0n) is 11.5. The lowest BCUT2D eigenvalue weighted by Crippen LogP contribution is -2.49. The van der Waals surface area contributed by atoms with Gasteiger partial charge < -0.3 is 10.1 Å². The summed E-state index contributed by atoms with van der Waals surface area (Å²) in [6.07, 6.45) is 0. The van der Waals surface area contributed by atoms with Crippen LogP contribution < -0.4 is 21.3 Å². The van der Waals surface area contributed by atoms with E-state index in [4.69, 9.17) is 4.74 Å². The summed E-state index contributed by atoms with van der Waals surface area (Å²) < 4.78 is 8.08. The van der Waals surface area contributed by atoms with Crippen molar-refractivity contribution < 1.29 is 4.74 Å². The number of benzene rings is 1. The Morgan fingerprint density at radius 3 is 2.70 bits per heavy atom. The zero-order chi connectivity index (χ0) is 14.3. The maximum absolute atomic E-state index is 12.6. The second-order valence-corrected chi connectivity index (χ2v) is 5.14. The summed E-state index contributed by atoms with van der Waals surface area (Å²) in [6, 6.07) is 5.28. The van der Waals surface area contributed by atoms with E-state index in [0.717, 1.165) is 13.1 Å². The highest BCUT2D eigenvalue weighted by molar-refractivity contribution is 5.84. The van der Waals surface area contributed by atoms with E-state index in [1.807, 2.05) is 0 Å². The first-order valence-corrected chi connectivity index (χ1v) is 6.60. The third kappa shape index (κ3) is 1.84. The third-order valence-electron chi connectivity index (χ3n) is 3.87. The average molecular weight is 275 g/mol. The Balaban J connectivity index is 2.30. The van der Waals surface area contributed by atoms with Crippen molar-refractivity contribution in [1.29, 1.82) is 0 Å². The monoisotopic (exact) mass is 275 g/mol. The van der Waals surface area contributed by atoms with Crippen molar-refractivity contribution in [3.05, 3.63) is 39.0 Å². The molecule has 0 saturated carbocycles. The number of nitrogens with one attached hydrogen (secondary N) is 1. The molecule has 1 aliphatic rings. The van der Waals surface area contributed by atoms with Crippen LogP contribution >= 0.6 is 0 Å². The molecule has 3 rings (SSSR count). The lowest BCUT2D eigenvalue weighted by Gasteiger charge is -2.27. The fraction of sp³-hybridized carbons (Fsp3) is 0.429. The van der Waals surface area contributed by atoms with Gasteiger partial charge in [0.25, 0.3) is 5.56 Å². The van der Waals surface area contributed by atoms with Gasteiger partial charge in [-0.05, 0) is 12.1 Å². The Labute approximate surface area is 115 Å². The first-order valence-electron chi connectivity index (χ1n) is 6.60. The maximum atomic E-state index is 12.6. The summed E-state index contributed by atoms with van der Waals surface area (Å²) in [6.45, 7) is 2.14. The number of rotatable bonds is 3. The number of aromatic nitrogens is 2. The van der Waals surface area contributed by atoms with E-state index in [1.54, 1.807) is 25.2 Å². The number of hydrogen-bond acceptors (Lipinski definition) is 4. The molecule has 106 valence electrons.